The van der Waals surface area contributed by atoms with Crippen molar-refractivity contribution in [1.29, 1.82) is 0 Å². The van der Waals surface area contributed by atoms with Crippen LogP contribution >= 0.6 is 0 Å². The van der Waals surface area contributed by atoms with Gasteiger partial charge < -0.3 is 10.0 Å². The molecule has 0 saturated carbocycles. The second-order valence-corrected chi connectivity index (χ2v) is 4.52. The fourth-order valence-electron chi connectivity index (χ4n) is 1.80. The third-order valence-electron chi connectivity index (χ3n) is 2.91. The van der Waals surface area contributed by atoms with E-state index >= 15 is 0 Å². The molecule has 0 amide bonds. The minimum Gasteiger partial charge on any atom is -0.396 e. The van der Waals surface area contributed by atoms with E-state index in [1.54, 1.807) is 0 Å². The van der Waals surface area contributed by atoms with E-state index in [9.17, 15) is 23.3 Å². The van der Waals surface area contributed by atoms with E-state index in [1.807, 2.05) is 0 Å². The Morgan fingerprint density at radius 2 is 2.05 bits per heavy atom. The first-order chi connectivity index (χ1) is 9.77. The summed E-state index contributed by atoms with van der Waals surface area (Å²) in [5.74, 6) is 0. The quantitative estimate of drug-likeness (QED) is 0.476. The number of aliphatic hydroxyl groups is 1. The average molecular weight is 307 g/mol. The van der Waals surface area contributed by atoms with Crippen molar-refractivity contribution in [2.24, 2.45) is 0 Å². The number of aliphatic hydroxyl groups excluding tert-OH is 1. The van der Waals surface area contributed by atoms with E-state index in [0.29, 0.717) is 38.1 Å². The monoisotopic (exact) mass is 307 g/mol. The number of anilines is 1. The lowest BCUT2D eigenvalue weighted by molar-refractivity contribution is -0.384. The number of aromatic nitrogens is 1. The Morgan fingerprint density at radius 1 is 1.38 bits per heavy atom. The van der Waals surface area contributed by atoms with Crippen LogP contribution in [-0.2, 0) is 6.18 Å². The minimum atomic E-state index is -4.65. The molecule has 1 rings (SSSR count). The predicted octanol–water partition coefficient (Wildman–Crippen LogP) is 2.61. The highest BCUT2D eigenvalue weighted by Crippen LogP contribution is 2.34. The second-order valence-electron chi connectivity index (χ2n) is 4.52. The van der Waals surface area contributed by atoms with Crippen LogP contribution in [0.15, 0.2) is 12.3 Å². The molecule has 0 aliphatic carbocycles. The number of unbranched alkanes of at least 4 members (excludes halogenated alkanes) is 2. The van der Waals surface area contributed by atoms with Gasteiger partial charge in [0, 0.05) is 20.2 Å². The molecular weight excluding hydrogens is 291 g/mol. The fourth-order valence-corrected chi connectivity index (χ4v) is 1.80. The number of halogens is 3. The molecule has 0 unspecified atom stereocenters. The number of alkyl halides is 3. The number of rotatable bonds is 7. The van der Waals surface area contributed by atoms with E-state index in [0.717, 1.165) is 0 Å². The topological polar surface area (TPSA) is 79.5 Å². The lowest BCUT2D eigenvalue weighted by atomic mass is 10.2. The fraction of sp³-hybridized carbons (Fsp3) is 0.583. The Morgan fingerprint density at radius 3 is 2.57 bits per heavy atom. The third-order valence-corrected chi connectivity index (χ3v) is 2.91. The molecule has 0 fully saturated rings. The minimum absolute atomic E-state index is 0.0390. The van der Waals surface area contributed by atoms with Crippen molar-refractivity contribution >= 4 is 11.4 Å². The maximum Gasteiger partial charge on any atom is 0.433 e. The summed E-state index contributed by atoms with van der Waals surface area (Å²) in [6, 6.07) is 0.685. The number of hydrogen-bond donors (Lipinski definition) is 1. The third kappa shape index (κ3) is 4.85. The zero-order valence-electron chi connectivity index (χ0n) is 11.4. The van der Waals surface area contributed by atoms with Crippen LogP contribution in [0, 0.1) is 10.1 Å². The van der Waals surface area contributed by atoms with E-state index < -0.39 is 22.5 Å². The van der Waals surface area contributed by atoms with Crippen LogP contribution in [-0.4, -0.2) is 35.2 Å². The van der Waals surface area contributed by atoms with Crippen LogP contribution in [0.4, 0.5) is 24.5 Å². The van der Waals surface area contributed by atoms with Gasteiger partial charge in [-0.1, -0.05) is 0 Å². The van der Waals surface area contributed by atoms with Crippen molar-refractivity contribution in [3.63, 3.8) is 0 Å². The van der Waals surface area contributed by atoms with Gasteiger partial charge in [0.1, 0.15) is 17.6 Å². The van der Waals surface area contributed by atoms with Crippen LogP contribution in [0.1, 0.15) is 25.0 Å². The van der Waals surface area contributed by atoms with Crippen molar-refractivity contribution in [2.75, 3.05) is 25.1 Å². The lowest BCUT2D eigenvalue weighted by Gasteiger charge is -2.20. The predicted molar refractivity (Wildman–Crippen MR) is 70.1 cm³/mol. The van der Waals surface area contributed by atoms with Gasteiger partial charge in [-0.05, 0) is 25.3 Å². The van der Waals surface area contributed by atoms with Crippen LogP contribution < -0.4 is 4.90 Å². The van der Waals surface area contributed by atoms with Gasteiger partial charge in [-0.3, -0.25) is 10.1 Å². The lowest BCUT2D eigenvalue weighted by Crippen LogP contribution is -2.21. The standard InChI is InChI=1S/C12H16F3N3O3/c1-17(5-3-2-4-6-19)9-7-11(12(13,14)15)16-8-10(9)18(20)21/h7-8,19H,2-6H2,1H3. The highest BCUT2D eigenvalue weighted by molar-refractivity contribution is 5.62. The van der Waals surface area contributed by atoms with E-state index in [2.05, 4.69) is 4.98 Å². The van der Waals surface area contributed by atoms with Crippen molar-refractivity contribution in [3.8, 4) is 0 Å². The van der Waals surface area contributed by atoms with Gasteiger partial charge in [-0.15, -0.1) is 0 Å². The maximum absolute atomic E-state index is 12.6. The largest absolute Gasteiger partial charge is 0.433 e. The van der Waals surface area contributed by atoms with Crippen LogP contribution in [0.3, 0.4) is 0 Å². The number of pyridine rings is 1. The highest BCUT2D eigenvalue weighted by Gasteiger charge is 2.34. The molecule has 0 aromatic carbocycles. The van der Waals surface area contributed by atoms with Gasteiger partial charge >= 0.3 is 11.9 Å². The molecular formula is C12H16F3N3O3. The zero-order valence-corrected chi connectivity index (χ0v) is 11.4. The summed E-state index contributed by atoms with van der Waals surface area (Å²) in [7, 11) is 1.49. The highest BCUT2D eigenvalue weighted by atomic mass is 19.4. The van der Waals surface area contributed by atoms with Gasteiger partial charge in [0.25, 0.3) is 0 Å². The van der Waals surface area contributed by atoms with Crippen LogP contribution in [0.2, 0.25) is 0 Å². The van der Waals surface area contributed by atoms with Gasteiger partial charge in [-0.2, -0.15) is 13.2 Å². The SMILES string of the molecule is CN(CCCCCO)c1cc(C(F)(F)F)ncc1[N+](=O)[O-]. The summed E-state index contributed by atoms with van der Waals surface area (Å²) >= 11 is 0. The molecule has 118 valence electrons. The molecule has 0 aliphatic rings. The van der Waals surface area contributed by atoms with Gasteiger partial charge in [0.05, 0.1) is 4.92 Å². The molecule has 1 heterocycles. The van der Waals surface area contributed by atoms with Gasteiger partial charge in [0.15, 0.2) is 0 Å². The zero-order chi connectivity index (χ0) is 16.0. The van der Waals surface area contributed by atoms with Crippen molar-refractivity contribution in [2.45, 2.75) is 25.4 Å². The molecule has 9 heteroatoms. The second kappa shape index (κ2) is 7.21. The average Bonchev–Trinajstić information content (AvgIpc) is 2.41. The number of nitrogens with zero attached hydrogens (tertiary/aromatic N) is 3. The Hall–Kier alpha value is -1.90. The molecule has 21 heavy (non-hydrogen) atoms. The smallest absolute Gasteiger partial charge is 0.396 e. The molecule has 0 bridgehead atoms. The van der Waals surface area contributed by atoms with Gasteiger partial charge in [-0.25, -0.2) is 4.98 Å². The molecule has 6 nitrogen and oxygen atoms in total. The molecule has 0 saturated heterocycles. The van der Waals surface area contributed by atoms with Crippen molar-refractivity contribution < 1.29 is 23.2 Å². The molecule has 0 spiro atoms. The molecule has 1 aromatic rings. The van der Waals surface area contributed by atoms with Crippen LogP contribution in [0.25, 0.3) is 0 Å². The maximum atomic E-state index is 12.6. The summed E-state index contributed by atoms with van der Waals surface area (Å²) in [6.45, 7) is 0.388. The normalized spacial score (nSPS) is 11.5. The molecule has 1 N–H and O–H groups in total. The molecule has 0 atom stereocenters. The number of hydrogen-bond acceptors (Lipinski definition) is 5. The first kappa shape index (κ1) is 17.2. The number of nitro groups is 1. The first-order valence-electron chi connectivity index (χ1n) is 6.31. The summed E-state index contributed by atoms with van der Waals surface area (Å²) in [6.07, 6.45) is -2.15. The summed E-state index contributed by atoms with van der Waals surface area (Å²) in [4.78, 5) is 14.6. The molecule has 1 aromatic heterocycles. The van der Waals surface area contributed by atoms with Crippen molar-refractivity contribution in [1.82, 2.24) is 4.98 Å². The summed E-state index contributed by atoms with van der Waals surface area (Å²) in [5.41, 5.74) is -1.75. The molecule has 0 radical (unpaired) electrons. The Kier molecular flexibility index (Phi) is 5.89. The van der Waals surface area contributed by atoms with Gasteiger partial charge in [0.2, 0.25) is 0 Å². The Balaban J connectivity index is 2.97. The van der Waals surface area contributed by atoms with Crippen molar-refractivity contribution in [3.05, 3.63) is 28.1 Å². The Bertz CT molecular complexity index is 494. The van der Waals surface area contributed by atoms with E-state index in [1.165, 1.54) is 11.9 Å². The van der Waals surface area contributed by atoms with E-state index in [4.69, 9.17) is 5.11 Å². The van der Waals surface area contributed by atoms with E-state index in [-0.39, 0.29) is 12.3 Å². The van der Waals surface area contributed by atoms with Crippen LogP contribution in [0.5, 0.6) is 0 Å². The summed E-state index contributed by atoms with van der Waals surface area (Å²) in [5, 5.41) is 19.5. The molecule has 0 aliphatic heterocycles. The first-order valence-corrected chi connectivity index (χ1v) is 6.31. The summed E-state index contributed by atoms with van der Waals surface area (Å²) < 4.78 is 37.9. The Labute approximate surface area is 119 Å².